The third-order valence-electron chi connectivity index (χ3n) is 5.71. The molecule has 2 aromatic rings. The first-order valence-electron chi connectivity index (χ1n) is 9.98. The van der Waals surface area contributed by atoms with Gasteiger partial charge in [-0.3, -0.25) is 14.9 Å². The van der Waals surface area contributed by atoms with Crippen LogP contribution in [0.2, 0.25) is 0 Å². The summed E-state index contributed by atoms with van der Waals surface area (Å²) >= 11 is 0. The summed E-state index contributed by atoms with van der Waals surface area (Å²) in [5.41, 5.74) is 8.47. The van der Waals surface area contributed by atoms with Gasteiger partial charge in [-0.05, 0) is 36.2 Å². The lowest BCUT2D eigenvalue weighted by Gasteiger charge is -2.37. The maximum atomic E-state index is 13.0. The van der Waals surface area contributed by atoms with Crippen molar-refractivity contribution >= 4 is 17.3 Å². The molecule has 158 valence electrons. The van der Waals surface area contributed by atoms with Crippen LogP contribution in [0.25, 0.3) is 0 Å². The second kappa shape index (κ2) is 8.68. The van der Waals surface area contributed by atoms with Gasteiger partial charge in [-0.15, -0.1) is 0 Å². The van der Waals surface area contributed by atoms with E-state index in [-0.39, 0.29) is 23.7 Å². The summed E-state index contributed by atoms with van der Waals surface area (Å²) in [5, 5.41) is 10.8. The van der Waals surface area contributed by atoms with Gasteiger partial charge in [-0.1, -0.05) is 12.1 Å². The molecule has 0 aliphatic carbocycles. The van der Waals surface area contributed by atoms with E-state index in [1.807, 2.05) is 29.2 Å². The van der Waals surface area contributed by atoms with E-state index in [4.69, 9.17) is 4.74 Å². The topological polar surface area (TPSA) is 100.0 Å². The monoisotopic (exact) mass is 411 g/mol. The summed E-state index contributed by atoms with van der Waals surface area (Å²) < 4.78 is 5.29. The quantitative estimate of drug-likeness (QED) is 0.572. The molecule has 30 heavy (non-hydrogen) atoms. The molecule has 9 nitrogen and oxygen atoms in total. The number of nitrogens with zero attached hydrogens (tertiary/aromatic N) is 3. The Morgan fingerprint density at radius 2 is 1.83 bits per heavy atom. The Hall–Kier alpha value is -3.17. The molecule has 4 rings (SSSR count). The van der Waals surface area contributed by atoms with E-state index in [0.29, 0.717) is 32.6 Å². The zero-order valence-corrected chi connectivity index (χ0v) is 16.8. The molecule has 2 aliphatic rings. The van der Waals surface area contributed by atoms with Crippen LogP contribution in [-0.2, 0) is 4.79 Å². The number of piperazine rings is 1. The Morgan fingerprint density at radius 3 is 2.50 bits per heavy atom. The molecule has 2 saturated heterocycles. The number of anilines is 1. The van der Waals surface area contributed by atoms with Crippen molar-refractivity contribution in [1.29, 1.82) is 0 Å². The van der Waals surface area contributed by atoms with Crippen molar-refractivity contribution in [3.05, 3.63) is 64.2 Å². The first kappa shape index (κ1) is 20.1. The maximum absolute atomic E-state index is 13.0. The molecule has 2 fully saturated rings. The number of amides is 1. The van der Waals surface area contributed by atoms with Gasteiger partial charge in [0.05, 0.1) is 12.0 Å². The van der Waals surface area contributed by atoms with Gasteiger partial charge in [0.1, 0.15) is 11.8 Å². The molecule has 0 radical (unpaired) electrons. The molecular weight excluding hydrogens is 386 g/mol. The third kappa shape index (κ3) is 4.22. The van der Waals surface area contributed by atoms with Crippen molar-refractivity contribution in [2.45, 2.75) is 18.5 Å². The lowest BCUT2D eigenvalue weighted by Crippen LogP contribution is -2.53. The van der Waals surface area contributed by atoms with Crippen molar-refractivity contribution in [2.75, 3.05) is 38.2 Å². The van der Waals surface area contributed by atoms with Gasteiger partial charge in [0.2, 0.25) is 5.91 Å². The average molecular weight is 411 g/mol. The summed E-state index contributed by atoms with van der Waals surface area (Å²) in [6.45, 7) is 2.64. The molecular formula is C21H25N5O4. The van der Waals surface area contributed by atoms with Gasteiger partial charge in [0.25, 0.3) is 5.69 Å². The minimum atomic E-state index is -0.401. The molecule has 0 spiro atoms. The van der Waals surface area contributed by atoms with Gasteiger partial charge in [-0.2, -0.15) is 0 Å². The van der Waals surface area contributed by atoms with E-state index < -0.39 is 4.92 Å². The smallest absolute Gasteiger partial charge is 0.269 e. The van der Waals surface area contributed by atoms with Crippen LogP contribution in [0.4, 0.5) is 11.4 Å². The average Bonchev–Trinajstić information content (AvgIpc) is 3.29. The molecule has 1 amide bonds. The van der Waals surface area contributed by atoms with Gasteiger partial charge in [0, 0.05) is 50.0 Å². The summed E-state index contributed by atoms with van der Waals surface area (Å²) in [7, 11) is 1.64. The van der Waals surface area contributed by atoms with E-state index >= 15 is 0 Å². The van der Waals surface area contributed by atoms with Crippen molar-refractivity contribution in [2.24, 2.45) is 0 Å². The SMILES string of the molecule is COc1cccc(C2CC(C(=O)N3CCN(c4ccc([N+](=O)[O-])cc4)CC3)NN2)c1. The van der Waals surface area contributed by atoms with Gasteiger partial charge < -0.3 is 14.5 Å². The number of carbonyl (C=O) groups is 1. The number of hydrogen-bond donors (Lipinski definition) is 2. The molecule has 0 bridgehead atoms. The Morgan fingerprint density at radius 1 is 1.10 bits per heavy atom. The second-order valence-corrected chi connectivity index (χ2v) is 7.49. The summed E-state index contributed by atoms with van der Waals surface area (Å²) in [6.07, 6.45) is 0.675. The first-order chi connectivity index (χ1) is 14.5. The number of nitro benzene ring substituents is 1. The molecule has 2 atom stereocenters. The number of nitro groups is 1. The Kier molecular flexibility index (Phi) is 5.82. The first-order valence-corrected chi connectivity index (χ1v) is 9.98. The fourth-order valence-corrected chi connectivity index (χ4v) is 3.99. The highest BCUT2D eigenvalue weighted by atomic mass is 16.6. The standard InChI is InChI=1S/C21H25N5O4/c1-30-18-4-2-3-15(13-18)19-14-20(23-22-19)21(27)25-11-9-24(10-12-25)16-5-7-17(8-6-16)26(28)29/h2-8,13,19-20,22-23H,9-12,14H2,1H3. The highest BCUT2D eigenvalue weighted by molar-refractivity contribution is 5.82. The molecule has 9 heteroatoms. The maximum Gasteiger partial charge on any atom is 0.269 e. The Labute approximate surface area is 174 Å². The molecule has 2 heterocycles. The second-order valence-electron chi connectivity index (χ2n) is 7.49. The van der Waals surface area contributed by atoms with Crippen LogP contribution in [0.3, 0.4) is 0 Å². The number of non-ortho nitro benzene ring substituents is 1. The number of nitrogens with one attached hydrogen (secondary N) is 2. The lowest BCUT2D eigenvalue weighted by molar-refractivity contribution is -0.384. The Balaban J connectivity index is 1.31. The zero-order chi connectivity index (χ0) is 21.1. The fraction of sp³-hybridized carbons (Fsp3) is 0.381. The predicted octanol–water partition coefficient (Wildman–Crippen LogP) is 1.86. The number of methoxy groups -OCH3 is 1. The largest absolute Gasteiger partial charge is 0.497 e. The number of ether oxygens (including phenoxy) is 1. The van der Waals surface area contributed by atoms with E-state index in [1.54, 1.807) is 19.2 Å². The Bertz CT molecular complexity index is 912. The van der Waals surface area contributed by atoms with Crippen LogP contribution in [0.1, 0.15) is 18.0 Å². The normalized spacial score (nSPS) is 21.5. The van der Waals surface area contributed by atoms with Crippen molar-refractivity contribution in [1.82, 2.24) is 15.8 Å². The minimum Gasteiger partial charge on any atom is -0.497 e. The zero-order valence-electron chi connectivity index (χ0n) is 16.8. The molecule has 0 saturated carbocycles. The molecule has 0 aromatic heterocycles. The van der Waals surface area contributed by atoms with Crippen molar-refractivity contribution in [3.8, 4) is 5.75 Å². The summed E-state index contributed by atoms with van der Waals surface area (Å²) in [6, 6.07) is 14.2. The number of hydrazine groups is 1. The van der Waals surface area contributed by atoms with Crippen LogP contribution >= 0.6 is 0 Å². The van der Waals surface area contributed by atoms with Gasteiger partial charge >= 0.3 is 0 Å². The van der Waals surface area contributed by atoms with Crippen molar-refractivity contribution in [3.63, 3.8) is 0 Å². The van der Waals surface area contributed by atoms with Crippen LogP contribution in [0.15, 0.2) is 48.5 Å². The van der Waals surface area contributed by atoms with E-state index in [1.165, 1.54) is 12.1 Å². The molecule has 2 unspecified atom stereocenters. The van der Waals surface area contributed by atoms with Crippen LogP contribution in [0, 0.1) is 10.1 Å². The van der Waals surface area contributed by atoms with Crippen molar-refractivity contribution < 1.29 is 14.5 Å². The molecule has 2 aromatic carbocycles. The van der Waals surface area contributed by atoms with Gasteiger partial charge in [0.15, 0.2) is 0 Å². The predicted molar refractivity (Wildman–Crippen MR) is 112 cm³/mol. The highest BCUT2D eigenvalue weighted by Gasteiger charge is 2.34. The summed E-state index contributed by atoms with van der Waals surface area (Å²) in [5.74, 6) is 0.891. The number of benzene rings is 2. The van der Waals surface area contributed by atoms with Gasteiger partial charge in [-0.25, -0.2) is 10.9 Å². The molecule has 2 aliphatic heterocycles. The van der Waals surface area contributed by atoms with E-state index in [0.717, 1.165) is 17.0 Å². The number of rotatable bonds is 5. The van der Waals surface area contributed by atoms with E-state index in [2.05, 4.69) is 15.8 Å². The number of carbonyl (C=O) groups excluding carboxylic acids is 1. The highest BCUT2D eigenvalue weighted by Crippen LogP contribution is 2.26. The lowest BCUT2D eigenvalue weighted by atomic mass is 10.0. The van der Waals surface area contributed by atoms with E-state index in [9.17, 15) is 14.9 Å². The fourth-order valence-electron chi connectivity index (χ4n) is 3.99. The van der Waals surface area contributed by atoms with Crippen LogP contribution < -0.4 is 20.5 Å². The van der Waals surface area contributed by atoms with Crippen LogP contribution in [0.5, 0.6) is 5.75 Å². The molecule has 2 N–H and O–H groups in total. The third-order valence-corrected chi connectivity index (χ3v) is 5.71. The number of hydrogen-bond acceptors (Lipinski definition) is 7. The minimum absolute atomic E-state index is 0.0513. The van der Waals surface area contributed by atoms with Crippen LogP contribution in [-0.4, -0.2) is 55.1 Å². The summed E-state index contributed by atoms with van der Waals surface area (Å²) in [4.78, 5) is 27.4.